The van der Waals surface area contributed by atoms with E-state index >= 15 is 0 Å². The Morgan fingerprint density at radius 1 is 0.848 bits per heavy atom. The van der Waals surface area contributed by atoms with Crippen molar-refractivity contribution in [2.45, 2.75) is 0 Å². The number of ether oxygens (including phenoxy) is 1. The average molecular weight is 441 g/mol. The van der Waals surface area contributed by atoms with Gasteiger partial charge in [-0.05, 0) is 36.4 Å². The molecular weight excluding hydrogens is 416 g/mol. The van der Waals surface area contributed by atoms with Crippen LogP contribution in [0.4, 0.5) is 33.4 Å². The molecule has 5 rings (SSSR count). The van der Waals surface area contributed by atoms with Gasteiger partial charge in [-0.3, -0.25) is 0 Å². The number of nitrogens with zero attached hydrogens (tertiary/aromatic N) is 3. The number of hydrogen-bond acceptors (Lipinski definition) is 6. The molecule has 166 valence electrons. The number of fused-ring (bicyclic) bond motifs is 1. The summed E-state index contributed by atoms with van der Waals surface area (Å²) in [6.45, 7) is 2.73. The van der Waals surface area contributed by atoms with Crippen molar-refractivity contribution in [1.82, 2.24) is 9.97 Å². The van der Waals surface area contributed by atoms with Gasteiger partial charge in [0.2, 0.25) is 0 Å². The Kier molecular flexibility index (Phi) is 5.99. The lowest BCUT2D eigenvalue weighted by atomic mass is 10.1. The number of rotatable bonds is 5. The first kappa shape index (κ1) is 20.7. The third-order valence-electron chi connectivity index (χ3n) is 5.42. The highest BCUT2D eigenvalue weighted by molar-refractivity contribution is 6.05. The van der Waals surface area contributed by atoms with Crippen LogP contribution in [0.25, 0.3) is 10.9 Å². The smallest absolute Gasteiger partial charge is 0.323 e. The van der Waals surface area contributed by atoms with Crippen LogP contribution in [0.5, 0.6) is 0 Å². The molecule has 1 saturated heterocycles. The molecule has 1 aliphatic rings. The summed E-state index contributed by atoms with van der Waals surface area (Å²) in [4.78, 5) is 23.9. The predicted octanol–water partition coefficient (Wildman–Crippen LogP) is 4.85. The summed E-state index contributed by atoms with van der Waals surface area (Å²) in [6.07, 6.45) is 1.52. The molecule has 0 unspecified atom stereocenters. The zero-order valence-corrected chi connectivity index (χ0v) is 18.0. The molecule has 0 spiro atoms. The number of nitrogens with one attached hydrogen (secondary N) is 3. The molecule has 0 atom stereocenters. The van der Waals surface area contributed by atoms with E-state index in [9.17, 15) is 4.79 Å². The van der Waals surface area contributed by atoms with Gasteiger partial charge in [0.15, 0.2) is 0 Å². The largest absolute Gasteiger partial charge is 0.378 e. The van der Waals surface area contributed by atoms with Gasteiger partial charge in [-0.15, -0.1) is 0 Å². The van der Waals surface area contributed by atoms with Crippen molar-refractivity contribution in [1.29, 1.82) is 0 Å². The molecule has 8 nitrogen and oxygen atoms in total. The van der Waals surface area contributed by atoms with E-state index in [1.807, 2.05) is 72.8 Å². The number of benzene rings is 3. The van der Waals surface area contributed by atoms with Gasteiger partial charge in [-0.25, -0.2) is 14.8 Å². The second-order valence-electron chi connectivity index (χ2n) is 7.64. The third kappa shape index (κ3) is 4.86. The van der Waals surface area contributed by atoms with Crippen LogP contribution in [-0.4, -0.2) is 42.3 Å². The summed E-state index contributed by atoms with van der Waals surface area (Å²) in [5.41, 5.74) is 3.98. The van der Waals surface area contributed by atoms with Crippen LogP contribution in [0.15, 0.2) is 79.1 Å². The van der Waals surface area contributed by atoms with Crippen LogP contribution < -0.4 is 20.9 Å². The number of carbonyl (C=O) groups is 1. The van der Waals surface area contributed by atoms with Crippen molar-refractivity contribution in [2.24, 2.45) is 0 Å². The lowest BCUT2D eigenvalue weighted by Crippen LogP contribution is -2.37. The number of para-hydroxylation sites is 2. The van der Waals surface area contributed by atoms with Gasteiger partial charge in [0.25, 0.3) is 0 Å². The lowest BCUT2D eigenvalue weighted by molar-refractivity contribution is 0.123. The highest BCUT2D eigenvalue weighted by atomic mass is 16.5. The molecule has 1 aromatic heterocycles. The van der Waals surface area contributed by atoms with Crippen molar-refractivity contribution in [3.05, 3.63) is 79.1 Å². The normalized spacial score (nSPS) is 13.5. The van der Waals surface area contributed by atoms with Crippen LogP contribution >= 0.6 is 0 Å². The lowest BCUT2D eigenvalue weighted by Gasteiger charge is -2.31. The molecule has 8 heteroatoms. The van der Waals surface area contributed by atoms with E-state index in [0.717, 1.165) is 41.1 Å². The van der Waals surface area contributed by atoms with Crippen molar-refractivity contribution >= 4 is 45.5 Å². The second-order valence-corrected chi connectivity index (χ2v) is 7.64. The molecule has 3 N–H and O–H groups in total. The third-order valence-corrected chi connectivity index (χ3v) is 5.42. The van der Waals surface area contributed by atoms with Gasteiger partial charge >= 0.3 is 6.03 Å². The minimum absolute atomic E-state index is 0.313. The van der Waals surface area contributed by atoms with E-state index in [-0.39, 0.29) is 6.03 Å². The summed E-state index contributed by atoms with van der Waals surface area (Å²) in [6, 6.07) is 22.8. The number of carbonyl (C=O) groups excluding carboxylic acids is 1. The Labute approximate surface area is 191 Å². The number of urea groups is 1. The van der Waals surface area contributed by atoms with Gasteiger partial charge in [-0.1, -0.05) is 36.4 Å². The maximum atomic E-state index is 12.8. The molecule has 4 aromatic rings. The minimum atomic E-state index is -0.313. The summed E-state index contributed by atoms with van der Waals surface area (Å²) in [5.74, 6) is 0.709. The van der Waals surface area contributed by atoms with Crippen LogP contribution in [-0.2, 0) is 4.74 Å². The first-order valence-corrected chi connectivity index (χ1v) is 10.8. The predicted molar refractivity (Wildman–Crippen MR) is 131 cm³/mol. The Hall–Kier alpha value is -4.17. The van der Waals surface area contributed by atoms with Gasteiger partial charge < -0.3 is 25.6 Å². The van der Waals surface area contributed by atoms with Gasteiger partial charge in [-0.2, -0.15) is 0 Å². The Balaban J connectivity index is 1.51. The van der Waals surface area contributed by atoms with Crippen molar-refractivity contribution in [3.63, 3.8) is 0 Å². The Morgan fingerprint density at radius 3 is 2.27 bits per heavy atom. The highest BCUT2D eigenvalue weighted by Gasteiger charge is 2.19. The summed E-state index contributed by atoms with van der Waals surface area (Å²) in [7, 11) is 0. The molecule has 1 aliphatic heterocycles. The monoisotopic (exact) mass is 440 g/mol. The maximum absolute atomic E-state index is 12.8. The number of anilines is 5. The van der Waals surface area contributed by atoms with Crippen LogP contribution in [0, 0.1) is 0 Å². The number of aromatic nitrogens is 2. The van der Waals surface area contributed by atoms with E-state index < -0.39 is 0 Å². The molecule has 0 saturated carbocycles. The first-order chi connectivity index (χ1) is 16.3. The summed E-state index contributed by atoms with van der Waals surface area (Å²) >= 11 is 0. The molecule has 2 amide bonds. The first-order valence-electron chi connectivity index (χ1n) is 10.8. The molecule has 33 heavy (non-hydrogen) atoms. The van der Waals surface area contributed by atoms with E-state index in [0.29, 0.717) is 24.7 Å². The maximum Gasteiger partial charge on any atom is 0.323 e. The number of amides is 2. The second kappa shape index (κ2) is 9.54. The minimum Gasteiger partial charge on any atom is -0.378 e. The fourth-order valence-electron chi connectivity index (χ4n) is 3.82. The highest BCUT2D eigenvalue weighted by Crippen LogP contribution is 2.34. The Bertz CT molecular complexity index is 1240. The fourth-order valence-corrected chi connectivity index (χ4v) is 3.82. The van der Waals surface area contributed by atoms with Crippen LogP contribution in [0.3, 0.4) is 0 Å². The zero-order chi connectivity index (χ0) is 22.5. The van der Waals surface area contributed by atoms with Crippen molar-refractivity contribution < 1.29 is 9.53 Å². The molecule has 0 radical (unpaired) electrons. The van der Waals surface area contributed by atoms with Gasteiger partial charge in [0, 0.05) is 29.9 Å². The summed E-state index contributed by atoms with van der Waals surface area (Å²) in [5, 5.41) is 10.1. The fraction of sp³-hybridized carbons (Fsp3) is 0.160. The van der Waals surface area contributed by atoms with Gasteiger partial charge in [0.05, 0.1) is 30.1 Å². The molecule has 1 fully saturated rings. The van der Waals surface area contributed by atoms with E-state index in [1.54, 1.807) is 0 Å². The number of morpholine rings is 1. The Morgan fingerprint density at radius 2 is 1.55 bits per heavy atom. The molecule has 0 bridgehead atoms. The van der Waals surface area contributed by atoms with E-state index in [4.69, 9.17) is 4.74 Å². The average Bonchev–Trinajstić information content (AvgIpc) is 2.85. The SMILES string of the molecule is O=C(Nc1ccccc1)Nc1cc2ncnc(Nc3ccccc3)c2cc1N1CCOCC1. The standard InChI is InChI=1S/C25H24N6O2/c32-25(29-19-9-5-2-6-10-19)30-22-16-21-20(15-23(22)31-11-13-33-14-12-31)24(27-17-26-21)28-18-7-3-1-4-8-18/h1-10,15-17H,11-14H2,(H,26,27,28)(H2,29,30,32). The molecule has 3 aromatic carbocycles. The van der Waals surface area contributed by atoms with Crippen molar-refractivity contribution in [2.75, 3.05) is 47.2 Å². The molecule has 0 aliphatic carbocycles. The summed E-state index contributed by atoms with van der Waals surface area (Å²) < 4.78 is 5.53. The van der Waals surface area contributed by atoms with Crippen molar-refractivity contribution in [3.8, 4) is 0 Å². The van der Waals surface area contributed by atoms with Crippen LogP contribution in [0.1, 0.15) is 0 Å². The van der Waals surface area contributed by atoms with Gasteiger partial charge in [0.1, 0.15) is 12.1 Å². The zero-order valence-electron chi connectivity index (χ0n) is 18.0. The van der Waals surface area contributed by atoms with E-state index in [2.05, 4.69) is 30.8 Å². The quantitative estimate of drug-likeness (QED) is 0.411. The topological polar surface area (TPSA) is 91.4 Å². The van der Waals surface area contributed by atoms with Crippen LogP contribution in [0.2, 0.25) is 0 Å². The molecular formula is C25H24N6O2. The number of hydrogen-bond donors (Lipinski definition) is 3. The molecule has 2 heterocycles. The van der Waals surface area contributed by atoms with E-state index in [1.165, 1.54) is 6.33 Å².